The predicted molar refractivity (Wildman–Crippen MR) is 58.6 cm³/mol. The number of rotatable bonds is 0. The van der Waals surface area contributed by atoms with Crippen LogP contribution in [0.15, 0.2) is 21.1 Å². The summed E-state index contributed by atoms with van der Waals surface area (Å²) in [6.45, 7) is 13.9. The van der Waals surface area contributed by atoms with Gasteiger partial charge in [-0.2, -0.15) is 0 Å². The van der Waals surface area contributed by atoms with Crippen molar-refractivity contribution in [1.82, 2.24) is 0 Å². The van der Waals surface area contributed by atoms with E-state index in [2.05, 4.69) is 68.1 Å². The van der Waals surface area contributed by atoms with Crippen LogP contribution in [-0.2, 0) is 20.4 Å². The summed E-state index contributed by atoms with van der Waals surface area (Å²) in [7, 11) is 0. The van der Waals surface area contributed by atoms with Gasteiger partial charge >= 0.3 is 100 Å². The molecule has 0 nitrogen and oxygen atoms in total. The zero-order valence-electron chi connectivity index (χ0n) is 10.3. The molecule has 0 bridgehead atoms. The normalized spacial score (nSPS) is 18.8. The van der Waals surface area contributed by atoms with Gasteiger partial charge in [-0.1, -0.05) is 0 Å². The maximum atomic E-state index is 2.41. The third-order valence-corrected chi connectivity index (χ3v) is 3.35. The Labute approximate surface area is 100 Å². The fourth-order valence-electron chi connectivity index (χ4n) is 2.11. The first-order valence-electron chi connectivity index (χ1n) is 5.30. The predicted octanol–water partition coefficient (Wildman–Crippen LogP) is 4.21. The molecule has 1 rings (SSSR count). The molecule has 0 aromatic carbocycles. The van der Waals surface area contributed by atoms with Gasteiger partial charge in [-0.3, -0.25) is 0 Å². The SMILES string of the molecule is CC(C)(C)C1=CC[C]([Ti])=C1C(C)(C)C. The van der Waals surface area contributed by atoms with E-state index in [1.54, 1.807) is 15.0 Å². The van der Waals surface area contributed by atoms with E-state index in [0.29, 0.717) is 10.8 Å². The summed E-state index contributed by atoms with van der Waals surface area (Å²) in [6.07, 6.45) is 3.56. The van der Waals surface area contributed by atoms with Crippen molar-refractivity contribution < 1.29 is 20.4 Å². The van der Waals surface area contributed by atoms with E-state index in [-0.39, 0.29) is 0 Å². The molecule has 0 N–H and O–H groups in total. The van der Waals surface area contributed by atoms with Crippen LogP contribution < -0.4 is 0 Å². The molecule has 0 spiro atoms. The molecule has 14 heavy (non-hydrogen) atoms. The fraction of sp³-hybridized carbons (Fsp3) is 0.692. The van der Waals surface area contributed by atoms with Gasteiger partial charge in [0.25, 0.3) is 0 Å². The van der Waals surface area contributed by atoms with Crippen LogP contribution in [0.2, 0.25) is 0 Å². The monoisotopic (exact) mass is 225 g/mol. The molecule has 0 atom stereocenters. The van der Waals surface area contributed by atoms with Gasteiger partial charge in [-0.05, 0) is 0 Å². The minimum absolute atomic E-state index is 0.291. The molecule has 77 valence electrons. The van der Waals surface area contributed by atoms with E-state index in [1.807, 2.05) is 0 Å². The van der Waals surface area contributed by atoms with Crippen LogP contribution in [0.25, 0.3) is 0 Å². The minimum atomic E-state index is 0.291. The van der Waals surface area contributed by atoms with Crippen molar-refractivity contribution in [2.24, 2.45) is 10.8 Å². The van der Waals surface area contributed by atoms with Gasteiger partial charge in [0, 0.05) is 0 Å². The van der Waals surface area contributed by atoms with Crippen molar-refractivity contribution in [2.45, 2.75) is 48.0 Å². The Bertz CT molecular complexity index is 292. The Morgan fingerprint density at radius 2 is 1.50 bits per heavy atom. The van der Waals surface area contributed by atoms with Crippen LogP contribution in [0.1, 0.15) is 48.0 Å². The summed E-state index contributed by atoms with van der Waals surface area (Å²) in [5.74, 6) is 0. The summed E-state index contributed by atoms with van der Waals surface area (Å²) >= 11 is 2.27. The second kappa shape index (κ2) is 3.65. The molecule has 0 aliphatic heterocycles. The van der Waals surface area contributed by atoms with Crippen molar-refractivity contribution in [2.75, 3.05) is 0 Å². The molecule has 1 aliphatic carbocycles. The van der Waals surface area contributed by atoms with E-state index in [4.69, 9.17) is 0 Å². The molecule has 0 fully saturated rings. The Hall–Kier alpha value is 0.194. The maximum absolute atomic E-state index is 2.41. The molecular formula is C13H21Ti. The average molecular weight is 225 g/mol. The molecule has 0 aromatic heterocycles. The summed E-state index contributed by atoms with van der Waals surface area (Å²) in [5, 5.41) is 0. The van der Waals surface area contributed by atoms with Crippen molar-refractivity contribution in [3.05, 3.63) is 21.1 Å². The van der Waals surface area contributed by atoms with Crippen LogP contribution in [-0.4, -0.2) is 0 Å². The van der Waals surface area contributed by atoms with Crippen molar-refractivity contribution in [1.29, 1.82) is 0 Å². The Kier molecular flexibility index (Phi) is 3.19. The first kappa shape index (κ1) is 12.3. The van der Waals surface area contributed by atoms with E-state index in [0.717, 1.165) is 6.42 Å². The summed E-state index contributed by atoms with van der Waals surface area (Å²) in [6, 6.07) is 0. The Morgan fingerprint density at radius 3 is 1.79 bits per heavy atom. The summed E-state index contributed by atoms with van der Waals surface area (Å²) in [5.41, 5.74) is 3.73. The van der Waals surface area contributed by atoms with E-state index in [9.17, 15) is 0 Å². The first-order chi connectivity index (χ1) is 6.14. The number of hydrogen-bond donors (Lipinski definition) is 0. The number of hydrogen-bond acceptors (Lipinski definition) is 0. The second-order valence-electron chi connectivity index (χ2n) is 6.18. The average Bonchev–Trinajstić information content (AvgIpc) is 2.27. The van der Waals surface area contributed by atoms with Gasteiger partial charge in [0.05, 0.1) is 0 Å². The zero-order valence-corrected chi connectivity index (χ0v) is 11.8. The van der Waals surface area contributed by atoms with Gasteiger partial charge < -0.3 is 0 Å². The van der Waals surface area contributed by atoms with E-state index >= 15 is 0 Å². The second-order valence-corrected chi connectivity index (χ2v) is 7.12. The first-order valence-corrected chi connectivity index (χ1v) is 6.08. The topological polar surface area (TPSA) is 0 Å². The van der Waals surface area contributed by atoms with E-state index < -0.39 is 0 Å². The van der Waals surface area contributed by atoms with Gasteiger partial charge in [0.15, 0.2) is 0 Å². The number of allylic oxidation sites excluding steroid dienone is 4. The van der Waals surface area contributed by atoms with Crippen molar-refractivity contribution in [3.63, 3.8) is 0 Å². The summed E-state index contributed by atoms with van der Waals surface area (Å²) in [4.78, 5) is 0. The third kappa shape index (κ3) is 2.41. The van der Waals surface area contributed by atoms with Gasteiger partial charge in [0.2, 0.25) is 0 Å². The molecule has 0 saturated heterocycles. The van der Waals surface area contributed by atoms with Crippen LogP contribution in [0.3, 0.4) is 0 Å². The van der Waals surface area contributed by atoms with Crippen LogP contribution >= 0.6 is 0 Å². The van der Waals surface area contributed by atoms with Crippen LogP contribution in [0, 0.1) is 10.8 Å². The molecule has 0 heterocycles. The fourth-order valence-corrected chi connectivity index (χ4v) is 3.06. The molecule has 0 saturated carbocycles. The molecular weight excluding hydrogens is 204 g/mol. The van der Waals surface area contributed by atoms with Crippen LogP contribution in [0.4, 0.5) is 0 Å². The van der Waals surface area contributed by atoms with Gasteiger partial charge in [0.1, 0.15) is 0 Å². The molecule has 1 aliphatic rings. The van der Waals surface area contributed by atoms with E-state index in [1.165, 1.54) is 0 Å². The molecule has 0 radical (unpaired) electrons. The Morgan fingerprint density at radius 1 is 1.00 bits per heavy atom. The molecule has 1 heteroatoms. The quantitative estimate of drug-likeness (QED) is 0.542. The van der Waals surface area contributed by atoms with Crippen LogP contribution in [0.5, 0.6) is 0 Å². The summed E-state index contributed by atoms with van der Waals surface area (Å²) < 4.78 is 1.56. The molecule has 0 unspecified atom stereocenters. The Balaban J connectivity index is 3.15. The van der Waals surface area contributed by atoms with Gasteiger partial charge in [-0.15, -0.1) is 0 Å². The van der Waals surface area contributed by atoms with Gasteiger partial charge in [-0.25, -0.2) is 0 Å². The molecule has 0 amide bonds. The standard InChI is InChI=1S/C13H21.Ti/c1-12(2,3)10-8-7-9-11(10)13(4,5)6;/h8H,7H2,1-6H3;. The third-order valence-electron chi connectivity index (χ3n) is 2.64. The molecule has 0 aromatic rings. The zero-order chi connectivity index (χ0) is 11.1. The van der Waals surface area contributed by atoms with Crippen molar-refractivity contribution in [3.8, 4) is 0 Å². The van der Waals surface area contributed by atoms with Crippen molar-refractivity contribution >= 4 is 0 Å².